The first-order valence-corrected chi connectivity index (χ1v) is 8.68. The number of aromatic nitrogens is 4. The first-order valence-electron chi connectivity index (χ1n) is 8.68. The van der Waals surface area contributed by atoms with E-state index in [0.717, 1.165) is 61.7 Å². The van der Waals surface area contributed by atoms with Crippen LogP contribution >= 0.6 is 0 Å². The van der Waals surface area contributed by atoms with E-state index >= 15 is 0 Å². The second-order valence-electron chi connectivity index (χ2n) is 6.55. The number of nitrogens with zero attached hydrogens (tertiary/aromatic N) is 5. The number of ether oxygens (including phenoxy) is 1. The van der Waals surface area contributed by atoms with E-state index in [0.29, 0.717) is 11.7 Å². The Labute approximate surface area is 146 Å². The van der Waals surface area contributed by atoms with Crippen LogP contribution in [-0.2, 0) is 4.74 Å². The first-order chi connectivity index (χ1) is 12.3. The Morgan fingerprint density at radius 3 is 2.92 bits per heavy atom. The maximum Gasteiger partial charge on any atom is 0.174 e. The molecular weight excluding hydrogens is 316 g/mol. The van der Waals surface area contributed by atoms with Crippen molar-refractivity contribution in [1.82, 2.24) is 25.1 Å². The average Bonchev–Trinajstić information content (AvgIpc) is 3.17. The molecule has 4 heterocycles. The largest absolute Gasteiger partial charge is 0.381 e. The molecule has 1 N–H and O–H groups in total. The molecule has 0 aromatic carbocycles. The minimum atomic E-state index is 0.678. The van der Waals surface area contributed by atoms with Crippen LogP contribution in [-0.4, -0.2) is 57.6 Å². The quantitative estimate of drug-likeness (QED) is 0.925. The number of nitrogens with one attached hydrogen (secondary N) is 1. The lowest BCUT2D eigenvalue weighted by Gasteiger charge is -2.30. The van der Waals surface area contributed by atoms with Crippen LogP contribution in [0.15, 0.2) is 29.8 Å². The standard InChI is InChI=1S/C18H22N6O/c1-13-8-16(18-21-12-22-23-18)20-9-15(13)17-11-24(5-4-19-17)10-14-2-6-25-7-3-14/h4,8-9,11-12,14H,2-3,5-7,10H2,1H3,(H,21,22,23). The molecule has 0 atom stereocenters. The van der Waals surface area contributed by atoms with Crippen LogP contribution in [0.1, 0.15) is 24.0 Å². The zero-order valence-corrected chi connectivity index (χ0v) is 14.4. The Balaban J connectivity index is 1.52. The van der Waals surface area contributed by atoms with E-state index in [1.165, 1.54) is 6.33 Å². The Morgan fingerprint density at radius 2 is 2.16 bits per heavy atom. The molecule has 7 heteroatoms. The Bertz CT molecular complexity index is 777. The van der Waals surface area contributed by atoms with Gasteiger partial charge in [0.15, 0.2) is 5.82 Å². The molecule has 130 valence electrons. The summed E-state index contributed by atoms with van der Waals surface area (Å²) >= 11 is 0. The third-order valence-electron chi connectivity index (χ3n) is 4.73. The van der Waals surface area contributed by atoms with Gasteiger partial charge in [-0.25, -0.2) is 4.98 Å². The van der Waals surface area contributed by atoms with Gasteiger partial charge in [0.25, 0.3) is 0 Å². The van der Waals surface area contributed by atoms with Gasteiger partial charge in [-0.2, -0.15) is 5.10 Å². The van der Waals surface area contributed by atoms with Gasteiger partial charge in [-0.15, -0.1) is 0 Å². The van der Waals surface area contributed by atoms with Gasteiger partial charge in [0.05, 0.1) is 12.2 Å². The fraction of sp³-hybridized carbons (Fsp3) is 0.444. The molecule has 1 saturated heterocycles. The summed E-state index contributed by atoms with van der Waals surface area (Å²) in [6, 6.07) is 2.02. The molecule has 0 unspecified atom stereocenters. The zero-order chi connectivity index (χ0) is 17.1. The van der Waals surface area contributed by atoms with E-state index in [4.69, 9.17) is 4.74 Å². The van der Waals surface area contributed by atoms with E-state index in [2.05, 4.69) is 43.2 Å². The van der Waals surface area contributed by atoms with E-state index in [9.17, 15) is 0 Å². The highest BCUT2D eigenvalue weighted by molar-refractivity contribution is 5.78. The normalized spacial score (nSPS) is 18.4. The average molecular weight is 338 g/mol. The molecule has 0 radical (unpaired) electrons. The summed E-state index contributed by atoms with van der Waals surface area (Å²) in [5.74, 6) is 1.38. The van der Waals surface area contributed by atoms with Gasteiger partial charge in [0.1, 0.15) is 12.0 Å². The number of H-pyrrole nitrogens is 1. The SMILES string of the molecule is Cc1cc(-c2ncn[nH]2)ncc1C1=CN(CC2CCOCC2)CC=N1. The van der Waals surface area contributed by atoms with Crippen LogP contribution in [0.4, 0.5) is 0 Å². The number of aromatic amines is 1. The Kier molecular flexibility index (Phi) is 4.56. The topological polar surface area (TPSA) is 79.3 Å². The summed E-state index contributed by atoms with van der Waals surface area (Å²) in [6.45, 7) is 5.76. The first kappa shape index (κ1) is 16.0. The van der Waals surface area contributed by atoms with Gasteiger partial charge in [0.2, 0.25) is 0 Å². The van der Waals surface area contributed by atoms with Crippen molar-refractivity contribution in [2.75, 3.05) is 26.3 Å². The zero-order valence-electron chi connectivity index (χ0n) is 14.4. The van der Waals surface area contributed by atoms with Crippen molar-refractivity contribution in [3.05, 3.63) is 35.9 Å². The third kappa shape index (κ3) is 3.61. The molecule has 0 amide bonds. The lowest BCUT2D eigenvalue weighted by molar-refractivity contribution is 0.0591. The molecule has 2 aliphatic rings. The fourth-order valence-electron chi connectivity index (χ4n) is 3.31. The molecule has 4 rings (SSSR count). The number of hydrogen-bond donors (Lipinski definition) is 1. The number of pyridine rings is 1. The van der Waals surface area contributed by atoms with Crippen molar-refractivity contribution in [2.45, 2.75) is 19.8 Å². The lowest BCUT2D eigenvalue weighted by atomic mass is 9.99. The summed E-state index contributed by atoms with van der Waals surface area (Å²) in [5.41, 5.74) is 3.93. The van der Waals surface area contributed by atoms with E-state index in [-0.39, 0.29) is 0 Å². The van der Waals surface area contributed by atoms with E-state index < -0.39 is 0 Å². The number of rotatable bonds is 4. The molecule has 25 heavy (non-hydrogen) atoms. The van der Waals surface area contributed by atoms with Crippen LogP contribution in [0.3, 0.4) is 0 Å². The van der Waals surface area contributed by atoms with Crippen molar-refractivity contribution in [2.24, 2.45) is 10.9 Å². The van der Waals surface area contributed by atoms with Crippen molar-refractivity contribution in [3.63, 3.8) is 0 Å². The highest BCUT2D eigenvalue weighted by atomic mass is 16.5. The third-order valence-corrected chi connectivity index (χ3v) is 4.73. The summed E-state index contributed by atoms with van der Waals surface area (Å²) in [6.07, 6.45) is 9.79. The Hall–Kier alpha value is -2.54. The molecule has 0 saturated carbocycles. The molecule has 2 aliphatic heterocycles. The second kappa shape index (κ2) is 7.14. The summed E-state index contributed by atoms with van der Waals surface area (Å²) in [7, 11) is 0. The maximum atomic E-state index is 5.46. The predicted octanol–water partition coefficient (Wildman–Crippen LogP) is 2.29. The number of aliphatic imine (C=N–C) groups is 1. The monoisotopic (exact) mass is 338 g/mol. The van der Waals surface area contributed by atoms with Crippen LogP contribution in [0.2, 0.25) is 0 Å². The molecule has 0 spiro atoms. The van der Waals surface area contributed by atoms with Gasteiger partial charge in [-0.1, -0.05) is 0 Å². The van der Waals surface area contributed by atoms with Crippen molar-refractivity contribution >= 4 is 11.9 Å². The fourth-order valence-corrected chi connectivity index (χ4v) is 3.31. The molecule has 1 fully saturated rings. The maximum absolute atomic E-state index is 5.46. The summed E-state index contributed by atoms with van der Waals surface area (Å²) < 4.78 is 5.46. The Morgan fingerprint density at radius 1 is 1.28 bits per heavy atom. The van der Waals surface area contributed by atoms with Crippen LogP contribution in [0.25, 0.3) is 17.2 Å². The van der Waals surface area contributed by atoms with Gasteiger partial charge in [0, 0.05) is 43.9 Å². The summed E-state index contributed by atoms with van der Waals surface area (Å²) in [5, 5.41) is 6.73. The van der Waals surface area contributed by atoms with Crippen LogP contribution in [0.5, 0.6) is 0 Å². The van der Waals surface area contributed by atoms with Crippen LogP contribution in [0, 0.1) is 12.8 Å². The smallest absolute Gasteiger partial charge is 0.174 e. The van der Waals surface area contributed by atoms with Gasteiger partial charge >= 0.3 is 0 Å². The van der Waals surface area contributed by atoms with Crippen LogP contribution < -0.4 is 0 Å². The van der Waals surface area contributed by atoms with Crippen molar-refractivity contribution < 1.29 is 4.74 Å². The number of aryl methyl sites for hydroxylation is 1. The highest BCUT2D eigenvalue weighted by Crippen LogP contribution is 2.25. The molecule has 0 bridgehead atoms. The highest BCUT2D eigenvalue weighted by Gasteiger charge is 2.18. The molecular formula is C18H22N6O. The predicted molar refractivity (Wildman–Crippen MR) is 95.9 cm³/mol. The summed E-state index contributed by atoms with van der Waals surface area (Å²) in [4.78, 5) is 15.6. The molecule has 7 nitrogen and oxygen atoms in total. The molecule has 0 aliphatic carbocycles. The van der Waals surface area contributed by atoms with Gasteiger partial charge < -0.3 is 9.64 Å². The van der Waals surface area contributed by atoms with Gasteiger partial charge in [-0.3, -0.25) is 15.1 Å². The minimum Gasteiger partial charge on any atom is -0.381 e. The molecule has 2 aromatic heterocycles. The second-order valence-corrected chi connectivity index (χ2v) is 6.55. The number of hydrogen-bond acceptors (Lipinski definition) is 6. The lowest BCUT2D eigenvalue weighted by Crippen LogP contribution is -2.31. The minimum absolute atomic E-state index is 0.678. The van der Waals surface area contributed by atoms with Crippen molar-refractivity contribution in [3.8, 4) is 11.5 Å². The van der Waals surface area contributed by atoms with E-state index in [1.807, 2.05) is 18.5 Å². The van der Waals surface area contributed by atoms with Gasteiger partial charge in [-0.05, 0) is 37.3 Å². The molecule has 2 aromatic rings. The van der Waals surface area contributed by atoms with Crippen molar-refractivity contribution in [1.29, 1.82) is 0 Å². The van der Waals surface area contributed by atoms with E-state index in [1.54, 1.807) is 0 Å².